The highest BCUT2D eigenvalue weighted by molar-refractivity contribution is 9.10. The molecule has 0 amide bonds. The zero-order valence-corrected chi connectivity index (χ0v) is 13.2. The number of nitrogens with one attached hydrogen (secondary N) is 1. The molecule has 1 aromatic carbocycles. The first-order valence-electron chi connectivity index (χ1n) is 6.30. The highest BCUT2D eigenvalue weighted by Gasteiger charge is 2.39. The Morgan fingerprint density at radius 3 is 2.35 bits per heavy atom. The number of carboxylic acid groups (broad SMARTS) is 1. The third-order valence-electron chi connectivity index (χ3n) is 3.70. The molecule has 0 radical (unpaired) electrons. The normalized spacial score (nSPS) is 17.4. The Hall–Kier alpha value is -0.920. The third kappa shape index (κ3) is 3.59. The van der Waals surface area contributed by atoms with Gasteiger partial charge in [0.2, 0.25) is 10.0 Å². The number of carboxylic acids is 1. The van der Waals surface area contributed by atoms with Crippen molar-refractivity contribution in [2.24, 2.45) is 5.41 Å². The summed E-state index contributed by atoms with van der Waals surface area (Å²) in [5, 5.41) is 8.91. The Morgan fingerprint density at radius 1 is 1.30 bits per heavy atom. The second kappa shape index (κ2) is 5.83. The molecule has 2 N–H and O–H groups in total. The largest absolute Gasteiger partial charge is 0.481 e. The maximum absolute atomic E-state index is 12.1. The van der Waals surface area contributed by atoms with Gasteiger partial charge >= 0.3 is 5.97 Å². The van der Waals surface area contributed by atoms with E-state index in [1.54, 1.807) is 12.1 Å². The summed E-state index contributed by atoms with van der Waals surface area (Å²) >= 11 is 3.25. The molecule has 110 valence electrons. The summed E-state index contributed by atoms with van der Waals surface area (Å²) in [6.45, 7) is 0.178. The Labute approximate surface area is 126 Å². The number of aliphatic carboxylic acids is 1. The fourth-order valence-electron chi connectivity index (χ4n) is 2.36. The van der Waals surface area contributed by atoms with Gasteiger partial charge in [-0.15, -0.1) is 0 Å². The van der Waals surface area contributed by atoms with Crippen molar-refractivity contribution in [3.05, 3.63) is 28.7 Å². The van der Waals surface area contributed by atoms with Crippen molar-refractivity contribution in [2.45, 2.75) is 30.6 Å². The van der Waals surface area contributed by atoms with E-state index in [0.29, 0.717) is 0 Å². The van der Waals surface area contributed by atoms with Gasteiger partial charge in [-0.05, 0) is 42.5 Å². The SMILES string of the molecule is O=C(O)CC1(CNS(=O)(=O)c2ccc(Br)cc2)CCC1. The molecule has 1 saturated carbocycles. The highest BCUT2D eigenvalue weighted by Crippen LogP contribution is 2.43. The highest BCUT2D eigenvalue weighted by atomic mass is 79.9. The molecule has 1 aromatic rings. The number of sulfonamides is 1. The van der Waals surface area contributed by atoms with E-state index in [1.165, 1.54) is 12.1 Å². The lowest BCUT2D eigenvalue weighted by atomic mass is 9.67. The number of carbonyl (C=O) groups is 1. The zero-order valence-electron chi connectivity index (χ0n) is 10.8. The van der Waals surface area contributed by atoms with Crippen molar-refractivity contribution in [1.82, 2.24) is 4.72 Å². The van der Waals surface area contributed by atoms with Gasteiger partial charge in [0, 0.05) is 11.0 Å². The molecule has 0 aromatic heterocycles. The molecule has 0 unspecified atom stereocenters. The van der Waals surface area contributed by atoms with Crippen molar-refractivity contribution in [1.29, 1.82) is 0 Å². The number of hydrogen-bond donors (Lipinski definition) is 2. The molecule has 0 spiro atoms. The molecule has 0 heterocycles. The predicted molar refractivity (Wildman–Crippen MR) is 77.9 cm³/mol. The van der Waals surface area contributed by atoms with Crippen LogP contribution in [0, 0.1) is 5.41 Å². The van der Waals surface area contributed by atoms with Crippen molar-refractivity contribution in [3.63, 3.8) is 0 Å². The molecule has 2 rings (SSSR count). The van der Waals surface area contributed by atoms with E-state index in [4.69, 9.17) is 5.11 Å². The summed E-state index contributed by atoms with van der Waals surface area (Å²) in [6.07, 6.45) is 2.47. The van der Waals surface area contributed by atoms with Gasteiger partial charge in [-0.25, -0.2) is 13.1 Å². The number of rotatable bonds is 6. The summed E-state index contributed by atoms with van der Waals surface area (Å²) in [5.41, 5.74) is -0.422. The van der Waals surface area contributed by atoms with Crippen molar-refractivity contribution in [3.8, 4) is 0 Å². The van der Waals surface area contributed by atoms with Crippen LogP contribution in [0.4, 0.5) is 0 Å². The molecular weight excluding hydrogens is 346 g/mol. The lowest BCUT2D eigenvalue weighted by molar-refractivity contribution is -0.141. The quantitative estimate of drug-likeness (QED) is 0.814. The van der Waals surface area contributed by atoms with E-state index >= 15 is 0 Å². The average Bonchev–Trinajstić information content (AvgIpc) is 2.32. The monoisotopic (exact) mass is 361 g/mol. The average molecular weight is 362 g/mol. The molecule has 0 atom stereocenters. The lowest BCUT2D eigenvalue weighted by Gasteiger charge is -2.40. The van der Waals surface area contributed by atoms with E-state index in [1.807, 2.05) is 0 Å². The van der Waals surface area contributed by atoms with Gasteiger partial charge in [0.1, 0.15) is 0 Å². The first kappa shape index (κ1) is 15.5. The molecule has 1 aliphatic carbocycles. The van der Waals surface area contributed by atoms with Gasteiger partial charge in [-0.1, -0.05) is 22.4 Å². The van der Waals surface area contributed by atoms with Crippen LogP contribution in [-0.4, -0.2) is 26.0 Å². The molecule has 20 heavy (non-hydrogen) atoms. The van der Waals surface area contributed by atoms with Crippen molar-refractivity contribution < 1.29 is 18.3 Å². The van der Waals surface area contributed by atoms with E-state index in [9.17, 15) is 13.2 Å². The Kier molecular flexibility index (Phi) is 4.51. The van der Waals surface area contributed by atoms with Crippen LogP contribution in [0.1, 0.15) is 25.7 Å². The van der Waals surface area contributed by atoms with E-state index in [-0.39, 0.29) is 17.9 Å². The van der Waals surface area contributed by atoms with Gasteiger partial charge in [0.05, 0.1) is 11.3 Å². The Bertz CT molecular complexity index is 593. The molecule has 1 aliphatic rings. The van der Waals surface area contributed by atoms with Gasteiger partial charge in [0.25, 0.3) is 0 Å². The number of halogens is 1. The molecule has 7 heteroatoms. The fraction of sp³-hybridized carbons (Fsp3) is 0.462. The van der Waals surface area contributed by atoms with Crippen LogP contribution in [-0.2, 0) is 14.8 Å². The summed E-state index contributed by atoms with van der Waals surface area (Å²) < 4.78 is 27.6. The predicted octanol–water partition coefficient (Wildman–Crippen LogP) is 2.37. The van der Waals surface area contributed by atoms with E-state index < -0.39 is 21.4 Å². The first-order valence-corrected chi connectivity index (χ1v) is 8.58. The minimum atomic E-state index is -3.59. The summed E-state index contributed by atoms with van der Waals surface area (Å²) in [6, 6.07) is 6.34. The van der Waals surface area contributed by atoms with Crippen LogP contribution in [0.3, 0.4) is 0 Å². The smallest absolute Gasteiger partial charge is 0.303 e. The van der Waals surface area contributed by atoms with E-state index in [2.05, 4.69) is 20.7 Å². The van der Waals surface area contributed by atoms with Gasteiger partial charge in [-0.3, -0.25) is 4.79 Å². The first-order chi connectivity index (χ1) is 9.33. The minimum Gasteiger partial charge on any atom is -0.481 e. The molecular formula is C13H16BrNO4S. The maximum atomic E-state index is 12.1. The fourth-order valence-corrected chi connectivity index (χ4v) is 3.78. The summed E-state index contributed by atoms with van der Waals surface area (Å²) in [5.74, 6) is -0.882. The van der Waals surface area contributed by atoms with Gasteiger partial charge < -0.3 is 5.11 Å². The molecule has 0 aliphatic heterocycles. The van der Waals surface area contributed by atoms with E-state index in [0.717, 1.165) is 23.7 Å². The molecule has 1 fully saturated rings. The maximum Gasteiger partial charge on any atom is 0.303 e. The standard InChI is InChI=1S/C13H16BrNO4S/c14-10-2-4-11(5-3-10)20(18,19)15-9-13(6-1-7-13)8-12(16)17/h2-5,15H,1,6-9H2,(H,16,17). The number of hydrogen-bond acceptors (Lipinski definition) is 3. The topological polar surface area (TPSA) is 83.5 Å². The van der Waals surface area contributed by atoms with Gasteiger partial charge in [-0.2, -0.15) is 0 Å². The molecule has 0 saturated heterocycles. The third-order valence-corrected chi connectivity index (χ3v) is 5.65. The van der Waals surface area contributed by atoms with Crippen molar-refractivity contribution >= 4 is 31.9 Å². The molecule has 0 bridgehead atoms. The summed E-state index contributed by atoms with van der Waals surface area (Å²) in [4.78, 5) is 11.0. The van der Waals surface area contributed by atoms with Crippen LogP contribution < -0.4 is 4.72 Å². The van der Waals surface area contributed by atoms with Crippen LogP contribution >= 0.6 is 15.9 Å². The zero-order chi connectivity index (χ0) is 14.8. The Balaban J connectivity index is 2.05. The number of benzene rings is 1. The van der Waals surface area contributed by atoms with Gasteiger partial charge in [0.15, 0.2) is 0 Å². The van der Waals surface area contributed by atoms with Crippen LogP contribution in [0.15, 0.2) is 33.6 Å². The Morgan fingerprint density at radius 2 is 1.90 bits per heavy atom. The molecule has 5 nitrogen and oxygen atoms in total. The second-order valence-corrected chi connectivity index (χ2v) is 7.89. The summed E-state index contributed by atoms with van der Waals surface area (Å²) in [7, 11) is -3.59. The van der Waals surface area contributed by atoms with Crippen LogP contribution in [0.5, 0.6) is 0 Å². The van der Waals surface area contributed by atoms with Crippen molar-refractivity contribution in [2.75, 3.05) is 6.54 Å². The lowest BCUT2D eigenvalue weighted by Crippen LogP contribution is -2.43. The second-order valence-electron chi connectivity index (χ2n) is 5.20. The van der Waals surface area contributed by atoms with Crippen LogP contribution in [0.25, 0.3) is 0 Å². The minimum absolute atomic E-state index is 0.00978. The van der Waals surface area contributed by atoms with Crippen LogP contribution in [0.2, 0.25) is 0 Å².